The summed E-state index contributed by atoms with van der Waals surface area (Å²) in [5.74, 6) is -0.473. The SMILES string of the molecule is CCOc1ccc(N(CC(=O)N(Cc2c(Cl)cccc2Cl)C(C)C(=O)NC(C)C)S(=O)(=O)c2ccc(Br)cc2)cc1. The Morgan fingerprint density at radius 1 is 0.951 bits per heavy atom. The molecule has 0 spiro atoms. The summed E-state index contributed by atoms with van der Waals surface area (Å²) in [6.07, 6.45) is 0. The number of halogens is 3. The molecule has 0 saturated carbocycles. The molecular formula is C29H32BrCl2N3O5S. The third-order valence-electron chi connectivity index (χ3n) is 6.10. The first-order valence-electron chi connectivity index (χ1n) is 12.9. The van der Waals surface area contributed by atoms with Gasteiger partial charge in [0.15, 0.2) is 0 Å². The molecule has 12 heteroatoms. The van der Waals surface area contributed by atoms with E-state index in [-0.39, 0.29) is 23.2 Å². The number of carbonyl (C=O) groups excluding carboxylic acids is 2. The van der Waals surface area contributed by atoms with Crippen molar-refractivity contribution < 1.29 is 22.7 Å². The first kappa shape index (κ1) is 32.7. The number of nitrogens with one attached hydrogen (secondary N) is 1. The predicted octanol–water partition coefficient (Wildman–Crippen LogP) is 6.29. The number of nitrogens with zero attached hydrogens (tertiary/aromatic N) is 2. The largest absolute Gasteiger partial charge is 0.494 e. The van der Waals surface area contributed by atoms with Crippen molar-refractivity contribution in [1.82, 2.24) is 10.2 Å². The van der Waals surface area contributed by atoms with Crippen LogP contribution < -0.4 is 14.4 Å². The Labute approximate surface area is 259 Å². The van der Waals surface area contributed by atoms with E-state index in [1.54, 1.807) is 75.4 Å². The monoisotopic (exact) mass is 683 g/mol. The smallest absolute Gasteiger partial charge is 0.264 e. The van der Waals surface area contributed by atoms with E-state index in [0.29, 0.717) is 32.4 Å². The van der Waals surface area contributed by atoms with Gasteiger partial charge in [-0.05, 0) is 88.4 Å². The van der Waals surface area contributed by atoms with Crippen LogP contribution in [0, 0.1) is 0 Å². The number of ether oxygens (including phenoxy) is 1. The molecule has 1 unspecified atom stereocenters. The van der Waals surface area contributed by atoms with Crippen LogP contribution in [-0.4, -0.2) is 50.4 Å². The highest BCUT2D eigenvalue weighted by Gasteiger charge is 2.33. The van der Waals surface area contributed by atoms with Crippen molar-refractivity contribution in [2.75, 3.05) is 17.5 Å². The van der Waals surface area contributed by atoms with Crippen molar-refractivity contribution in [3.05, 3.63) is 86.8 Å². The van der Waals surface area contributed by atoms with Crippen LogP contribution >= 0.6 is 39.1 Å². The predicted molar refractivity (Wildman–Crippen MR) is 166 cm³/mol. The molecule has 0 radical (unpaired) electrons. The Balaban J connectivity index is 2.07. The maximum absolute atomic E-state index is 14.0. The van der Waals surface area contributed by atoms with E-state index >= 15 is 0 Å². The number of hydrogen-bond acceptors (Lipinski definition) is 5. The molecule has 3 aromatic carbocycles. The summed E-state index contributed by atoms with van der Waals surface area (Å²) in [7, 11) is -4.21. The van der Waals surface area contributed by atoms with Gasteiger partial charge in [0, 0.05) is 32.7 Å². The third kappa shape index (κ3) is 8.38. The summed E-state index contributed by atoms with van der Waals surface area (Å²) < 4.78 is 35.1. The summed E-state index contributed by atoms with van der Waals surface area (Å²) in [4.78, 5) is 28.3. The molecular weight excluding hydrogens is 653 g/mol. The van der Waals surface area contributed by atoms with Crippen LogP contribution in [0.5, 0.6) is 5.75 Å². The Morgan fingerprint density at radius 2 is 1.54 bits per heavy atom. The van der Waals surface area contributed by atoms with Gasteiger partial charge in [-0.2, -0.15) is 0 Å². The van der Waals surface area contributed by atoms with Crippen molar-refractivity contribution >= 4 is 66.7 Å². The van der Waals surface area contributed by atoms with Gasteiger partial charge in [-0.3, -0.25) is 13.9 Å². The van der Waals surface area contributed by atoms with Crippen molar-refractivity contribution in [1.29, 1.82) is 0 Å². The van der Waals surface area contributed by atoms with Crippen molar-refractivity contribution in [3.8, 4) is 5.75 Å². The van der Waals surface area contributed by atoms with Gasteiger partial charge >= 0.3 is 0 Å². The van der Waals surface area contributed by atoms with Crippen LogP contribution in [0.3, 0.4) is 0 Å². The van der Waals surface area contributed by atoms with Gasteiger partial charge in [-0.1, -0.05) is 45.2 Å². The zero-order valence-corrected chi connectivity index (χ0v) is 27.0. The summed E-state index contributed by atoms with van der Waals surface area (Å²) >= 11 is 16.1. The summed E-state index contributed by atoms with van der Waals surface area (Å²) in [5.41, 5.74) is 0.691. The molecule has 1 atom stereocenters. The van der Waals surface area contributed by atoms with Crippen molar-refractivity contribution in [2.24, 2.45) is 0 Å². The van der Waals surface area contributed by atoms with Gasteiger partial charge in [0.05, 0.1) is 17.2 Å². The Hall–Kier alpha value is -2.79. The Morgan fingerprint density at radius 3 is 2.07 bits per heavy atom. The zero-order valence-electron chi connectivity index (χ0n) is 23.1. The Bertz CT molecular complexity index is 1450. The van der Waals surface area contributed by atoms with E-state index in [1.807, 2.05) is 6.92 Å². The highest BCUT2D eigenvalue weighted by atomic mass is 79.9. The molecule has 0 aliphatic rings. The molecule has 0 bridgehead atoms. The quantitative estimate of drug-likeness (QED) is 0.242. The van der Waals surface area contributed by atoms with Crippen LogP contribution in [0.15, 0.2) is 76.1 Å². The number of benzene rings is 3. The number of amides is 2. The van der Waals surface area contributed by atoms with Crippen LogP contribution in [0.25, 0.3) is 0 Å². The zero-order chi connectivity index (χ0) is 30.3. The lowest BCUT2D eigenvalue weighted by molar-refractivity contribution is -0.139. The lowest BCUT2D eigenvalue weighted by Gasteiger charge is -2.32. The van der Waals surface area contributed by atoms with Crippen LogP contribution in [0.4, 0.5) is 5.69 Å². The van der Waals surface area contributed by atoms with Gasteiger partial charge in [0.1, 0.15) is 18.3 Å². The van der Waals surface area contributed by atoms with Gasteiger partial charge in [0.25, 0.3) is 10.0 Å². The fourth-order valence-electron chi connectivity index (χ4n) is 3.98. The number of hydrogen-bond donors (Lipinski definition) is 1. The maximum atomic E-state index is 14.0. The van der Waals surface area contributed by atoms with Crippen molar-refractivity contribution in [2.45, 2.75) is 51.2 Å². The minimum absolute atomic E-state index is 0.00585. The molecule has 0 heterocycles. The summed E-state index contributed by atoms with van der Waals surface area (Å²) in [6, 6.07) is 16.3. The highest BCUT2D eigenvalue weighted by Crippen LogP contribution is 2.29. The number of sulfonamides is 1. The molecule has 2 amide bonds. The highest BCUT2D eigenvalue weighted by molar-refractivity contribution is 9.10. The fourth-order valence-corrected chi connectivity index (χ4v) is 6.17. The molecule has 0 aromatic heterocycles. The van der Waals surface area contributed by atoms with E-state index in [0.717, 1.165) is 4.31 Å². The second kappa shape index (κ2) is 14.4. The lowest BCUT2D eigenvalue weighted by Crippen LogP contribution is -2.52. The molecule has 1 N–H and O–H groups in total. The van der Waals surface area contributed by atoms with Gasteiger partial charge in [-0.15, -0.1) is 0 Å². The van der Waals surface area contributed by atoms with Crippen LogP contribution in [-0.2, 0) is 26.2 Å². The van der Waals surface area contributed by atoms with Crippen LogP contribution in [0.1, 0.15) is 33.3 Å². The van der Waals surface area contributed by atoms with E-state index in [9.17, 15) is 18.0 Å². The van der Waals surface area contributed by atoms with E-state index in [2.05, 4.69) is 21.2 Å². The molecule has 0 saturated heterocycles. The fraction of sp³-hybridized carbons (Fsp3) is 0.310. The van der Waals surface area contributed by atoms with Gasteiger partial charge in [0.2, 0.25) is 11.8 Å². The normalized spacial score (nSPS) is 12.1. The molecule has 41 heavy (non-hydrogen) atoms. The second-order valence-electron chi connectivity index (χ2n) is 9.45. The maximum Gasteiger partial charge on any atom is 0.264 e. The topological polar surface area (TPSA) is 96.0 Å². The first-order valence-corrected chi connectivity index (χ1v) is 15.9. The average molecular weight is 685 g/mol. The summed E-state index contributed by atoms with van der Waals surface area (Å²) in [5, 5.41) is 3.44. The van der Waals surface area contributed by atoms with Gasteiger partial charge in [-0.25, -0.2) is 8.42 Å². The minimum Gasteiger partial charge on any atom is -0.494 e. The first-order chi connectivity index (χ1) is 19.3. The Kier molecular flexibility index (Phi) is 11.5. The molecule has 3 rings (SSSR count). The number of anilines is 1. The molecule has 3 aromatic rings. The average Bonchev–Trinajstić information content (AvgIpc) is 2.91. The second-order valence-corrected chi connectivity index (χ2v) is 13.0. The standard InChI is InChI=1S/C29H32BrCl2N3O5S/c1-5-40-23-13-11-22(12-14-23)35(41(38,39)24-15-9-21(30)10-16-24)18-28(36)34(20(4)29(37)33-19(2)3)17-25-26(31)7-6-8-27(25)32/h6-16,19-20H,5,17-18H2,1-4H3,(H,33,37). The molecule has 0 aliphatic heterocycles. The third-order valence-corrected chi connectivity index (χ3v) is 9.13. The van der Waals surface area contributed by atoms with E-state index in [1.165, 1.54) is 17.0 Å². The van der Waals surface area contributed by atoms with Crippen LogP contribution in [0.2, 0.25) is 10.0 Å². The number of rotatable bonds is 12. The van der Waals surface area contributed by atoms with Crippen molar-refractivity contribution in [3.63, 3.8) is 0 Å². The van der Waals surface area contributed by atoms with Gasteiger partial charge < -0.3 is 15.0 Å². The lowest BCUT2D eigenvalue weighted by atomic mass is 10.1. The minimum atomic E-state index is -4.21. The molecule has 8 nitrogen and oxygen atoms in total. The molecule has 0 aliphatic carbocycles. The molecule has 0 fully saturated rings. The summed E-state index contributed by atoms with van der Waals surface area (Å²) in [6.45, 7) is 6.76. The number of carbonyl (C=O) groups is 2. The van der Waals surface area contributed by atoms with E-state index in [4.69, 9.17) is 27.9 Å². The van der Waals surface area contributed by atoms with E-state index < -0.39 is 34.4 Å². The molecule has 220 valence electrons.